The molecule has 4 rings (SSSR count). The number of aliphatic hydroxyl groups is 1. The van der Waals surface area contributed by atoms with E-state index in [4.69, 9.17) is 0 Å². The molecule has 0 saturated heterocycles. The van der Waals surface area contributed by atoms with Crippen LogP contribution in [0.2, 0.25) is 0 Å². The number of halogens is 2. The van der Waals surface area contributed by atoms with Crippen molar-refractivity contribution in [3.8, 4) is 0 Å². The highest BCUT2D eigenvalue weighted by molar-refractivity contribution is 7.97. The summed E-state index contributed by atoms with van der Waals surface area (Å²) in [6, 6.07) is 5.26. The molecule has 0 fully saturated rings. The number of alkyl halides is 2. The highest BCUT2D eigenvalue weighted by atomic mass is 32.2. The van der Waals surface area contributed by atoms with Crippen molar-refractivity contribution >= 4 is 17.9 Å². The van der Waals surface area contributed by atoms with Crippen LogP contribution in [0.5, 0.6) is 0 Å². The van der Waals surface area contributed by atoms with Gasteiger partial charge in [-0.3, -0.25) is 14.5 Å². The van der Waals surface area contributed by atoms with E-state index in [9.17, 15) is 18.7 Å². The van der Waals surface area contributed by atoms with Gasteiger partial charge in [-0.1, -0.05) is 6.07 Å². The van der Waals surface area contributed by atoms with Crippen molar-refractivity contribution in [2.75, 3.05) is 6.61 Å². The van der Waals surface area contributed by atoms with Gasteiger partial charge in [0.1, 0.15) is 12.5 Å². The Morgan fingerprint density at radius 2 is 2.14 bits per heavy atom. The normalized spacial score (nSPS) is 14.4. The standard InChI is InChI=1S/C18H18F2N6O2S/c19-17(20)10-25-8-13(5-22-25)29-26-7-12-6-24(9-16(12)23-26)18(28)14(11-27)15-3-1-2-4-21-15/h1-5,7-8,14,17,27H,6,9-11H2. The molecule has 0 aliphatic carbocycles. The summed E-state index contributed by atoms with van der Waals surface area (Å²) in [4.78, 5) is 19.3. The molecular weight excluding hydrogens is 402 g/mol. The Morgan fingerprint density at radius 3 is 2.83 bits per heavy atom. The number of carbonyl (C=O) groups is 1. The lowest BCUT2D eigenvalue weighted by atomic mass is 10.0. The van der Waals surface area contributed by atoms with Gasteiger partial charge in [-0.15, -0.1) is 0 Å². The number of nitrogens with zero attached hydrogens (tertiary/aromatic N) is 6. The fourth-order valence-corrected chi connectivity index (χ4v) is 3.97. The number of carbonyl (C=O) groups excluding carboxylic acids is 1. The Kier molecular flexibility index (Phi) is 5.58. The summed E-state index contributed by atoms with van der Waals surface area (Å²) in [5.74, 6) is -0.904. The molecule has 1 atom stereocenters. The van der Waals surface area contributed by atoms with Crippen LogP contribution in [0.3, 0.4) is 0 Å². The Morgan fingerprint density at radius 1 is 1.28 bits per heavy atom. The molecule has 1 unspecified atom stereocenters. The average Bonchev–Trinajstić information content (AvgIpc) is 3.38. The number of aromatic nitrogens is 5. The second kappa shape index (κ2) is 8.29. The summed E-state index contributed by atoms with van der Waals surface area (Å²) in [7, 11) is 0. The van der Waals surface area contributed by atoms with Gasteiger partial charge in [0.15, 0.2) is 0 Å². The Bertz CT molecular complexity index is 970. The average molecular weight is 420 g/mol. The highest BCUT2D eigenvalue weighted by Crippen LogP contribution is 2.28. The van der Waals surface area contributed by atoms with Gasteiger partial charge in [0.2, 0.25) is 5.91 Å². The second-order valence-electron chi connectivity index (χ2n) is 6.57. The molecule has 3 aromatic heterocycles. The first-order valence-corrected chi connectivity index (χ1v) is 9.67. The van der Waals surface area contributed by atoms with Crippen LogP contribution in [0, 0.1) is 0 Å². The minimum absolute atomic E-state index is 0.198. The zero-order valence-electron chi connectivity index (χ0n) is 15.2. The van der Waals surface area contributed by atoms with Crippen LogP contribution in [-0.2, 0) is 24.4 Å². The molecule has 3 aromatic rings. The van der Waals surface area contributed by atoms with Crippen LogP contribution >= 0.6 is 11.9 Å². The molecule has 11 heteroatoms. The molecule has 4 heterocycles. The third-order valence-corrected chi connectivity index (χ3v) is 5.32. The molecule has 0 radical (unpaired) electrons. The summed E-state index contributed by atoms with van der Waals surface area (Å²) in [6.07, 6.45) is 3.99. The smallest absolute Gasteiger partial charge is 0.257 e. The maximum absolute atomic E-state index is 12.8. The van der Waals surface area contributed by atoms with Gasteiger partial charge in [-0.2, -0.15) is 10.2 Å². The van der Waals surface area contributed by atoms with Crippen LogP contribution in [-0.4, -0.2) is 52.9 Å². The summed E-state index contributed by atoms with van der Waals surface area (Å²) < 4.78 is 27.7. The third-order valence-electron chi connectivity index (χ3n) is 4.53. The van der Waals surface area contributed by atoms with E-state index in [1.807, 2.05) is 6.20 Å². The van der Waals surface area contributed by atoms with E-state index in [1.54, 1.807) is 33.4 Å². The summed E-state index contributed by atoms with van der Waals surface area (Å²) in [5, 5.41) is 18.0. The van der Waals surface area contributed by atoms with Crippen molar-refractivity contribution in [1.29, 1.82) is 0 Å². The van der Waals surface area contributed by atoms with Gasteiger partial charge < -0.3 is 10.0 Å². The van der Waals surface area contributed by atoms with Crippen LogP contribution in [0.1, 0.15) is 22.9 Å². The number of aliphatic hydroxyl groups excluding tert-OH is 1. The molecular formula is C18H18F2N6O2S. The number of rotatable bonds is 7. The Hall–Kier alpha value is -2.79. The van der Waals surface area contributed by atoms with Crippen molar-refractivity contribution in [2.24, 2.45) is 0 Å². The Balaban J connectivity index is 1.40. The first kappa shape index (κ1) is 19.5. The summed E-state index contributed by atoms with van der Waals surface area (Å²) in [6.45, 7) is -0.0314. The highest BCUT2D eigenvalue weighted by Gasteiger charge is 2.32. The first-order valence-electron chi connectivity index (χ1n) is 8.90. The molecule has 8 nitrogen and oxygen atoms in total. The SMILES string of the molecule is O=C(C(CO)c1ccccn1)N1Cc2cn(Sc3cnn(CC(F)F)c3)nc2C1. The van der Waals surface area contributed by atoms with Crippen LogP contribution < -0.4 is 0 Å². The van der Waals surface area contributed by atoms with Crippen molar-refractivity contribution in [2.45, 2.75) is 36.9 Å². The molecule has 1 aliphatic rings. The number of pyridine rings is 1. The van der Waals surface area contributed by atoms with E-state index in [2.05, 4.69) is 15.2 Å². The van der Waals surface area contributed by atoms with E-state index >= 15 is 0 Å². The van der Waals surface area contributed by atoms with Gasteiger partial charge in [-0.25, -0.2) is 12.9 Å². The maximum Gasteiger partial charge on any atom is 0.257 e. The topological polar surface area (TPSA) is 89.1 Å². The van der Waals surface area contributed by atoms with Crippen molar-refractivity contribution in [3.05, 3.63) is 59.9 Å². The maximum atomic E-state index is 12.8. The molecule has 1 N–H and O–H groups in total. The molecule has 0 bridgehead atoms. The zero-order valence-corrected chi connectivity index (χ0v) is 16.0. The quantitative estimate of drug-likeness (QED) is 0.628. The molecule has 29 heavy (non-hydrogen) atoms. The van der Waals surface area contributed by atoms with Gasteiger partial charge in [0.25, 0.3) is 6.43 Å². The third kappa shape index (κ3) is 4.30. The predicted octanol–water partition coefficient (Wildman–Crippen LogP) is 1.91. The fraction of sp³-hybridized carbons (Fsp3) is 0.333. The number of hydrogen-bond donors (Lipinski definition) is 1. The lowest BCUT2D eigenvalue weighted by molar-refractivity contribution is -0.134. The molecule has 1 amide bonds. The summed E-state index contributed by atoms with van der Waals surface area (Å²) in [5.41, 5.74) is 2.21. The van der Waals surface area contributed by atoms with Gasteiger partial charge in [-0.05, 0) is 12.1 Å². The zero-order chi connectivity index (χ0) is 20.4. The molecule has 0 aromatic carbocycles. The number of fused-ring (bicyclic) bond motifs is 1. The predicted molar refractivity (Wildman–Crippen MR) is 100 cm³/mol. The van der Waals surface area contributed by atoms with Gasteiger partial charge >= 0.3 is 0 Å². The van der Waals surface area contributed by atoms with Crippen molar-refractivity contribution in [3.63, 3.8) is 0 Å². The van der Waals surface area contributed by atoms with Crippen LogP contribution in [0.15, 0.2) is 47.9 Å². The van der Waals surface area contributed by atoms with Crippen LogP contribution in [0.4, 0.5) is 8.78 Å². The Labute approximate surface area is 169 Å². The van der Waals surface area contributed by atoms with Gasteiger partial charge in [0.05, 0.1) is 35.6 Å². The van der Waals surface area contributed by atoms with Crippen LogP contribution in [0.25, 0.3) is 0 Å². The molecule has 1 aliphatic heterocycles. The monoisotopic (exact) mass is 420 g/mol. The summed E-state index contributed by atoms with van der Waals surface area (Å²) >= 11 is 1.26. The van der Waals surface area contributed by atoms with Gasteiger partial charge in [0, 0.05) is 42.6 Å². The number of amides is 1. The minimum Gasteiger partial charge on any atom is -0.395 e. The number of hydrogen-bond acceptors (Lipinski definition) is 6. The van der Waals surface area contributed by atoms with Crippen molar-refractivity contribution < 1.29 is 18.7 Å². The van der Waals surface area contributed by atoms with E-state index in [0.29, 0.717) is 23.7 Å². The molecule has 0 spiro atoms. The largest absolute Gasteiger partial charge is 0.395 e. The van der Waals surface area contributed by atoms with Crippen molar-refractivity contribution in [1.82, 2.24) is 28.9 Å². The van der Waals surface area contributed by atoms with E-state index < -0.39 is 18.9 Å². The lowest BCUT2D eigenvalue weighted by Crippen LogP contribution is -2.33. The fourth-order valence-electron chi connectivity index (χ4n) is 3.17. The molecule has 0 saturated carbocycles. The van der Waals surface area contributed by atoms with E-state index in [0.717, 1.165) is 11.3 Å². The minimum atomic E-state index is -2.46. The molecule has 152 valence electrons. The first-order chi connectivity index (χ1) is 14.0. The second-order valence-corrected chi connectivity index (χ2v) is 7.60. The lowest BCUT2D eigenvalue weighted by Gasteiger charge is -2.21. The van der Waals surface area contributed by atoms with E-state index in [-0.39, 0.29) is 12.5 Å². The van der Waals surface area contributed by atoms with E-state index in [1.165, 1.54) is 29.0 Å².